The fourth-order valence-corrected chi connectivity index (χ4v) is 2.90. The monoisotopic (exact) mass is 280 g/mol. The van der Waals surface area contributed by atoms with Gasteiger partial charge in [0, 0.05) is 24.9 Å². The molecule has 0 aliphatic rings. The average molecular weight is 280 g/mol. The van der Waals surface area contributed by atoms with E-state index in [0.717, 1.165) is 28.8 Å². The first-order valence-corrected chi connectivity index (χ1v) is 7.33. The van der Waals surface area contributed by atoms with Gasteiger partial charge in [-0.2, -0.15) is 0 Å². The molecule has 0 spiro atoms. The number of hydrogen-bond acceptors (Lipinski definition) is 3. The number of aryl methyl sites for hydroxylation is 1. The van der Waals surface area contributed by atoms with Crippen molar-refractivity contribution in [2.45, 2.75) is 32.4 Å². The minimum atomic E-state index is -0.0182. The lowest BCUT2D eigenvalue weighted by atomic mass is 10.0. The zero-order valence-electron chi connectivity index (χ0n) is 12.4. The first kappa shape index (κ1) is 13.8. The Bertz CT molecular complexity index is 731. The van der Waals surface area contributed by atoms with Crippen LogP contribution in [0.5, 0.6) is 0 Å². The first-order chi connectivity index (χ1) is 10.2. The molecular formula is C17H20N4. The van der Waals surface area contributed by atoms with E-state index in [1.807, 2.05) is 43.6 Å². The summed E-state index contributed by atoms with van der Waals surface area (Å²) in [5, 5.41) is 0. The zero-order valence-corrected chi connectivity index (χ0v) is 12.4. The third-order valence-electron chi connectivity index (χ3n) is 3.81. The van der Waals surface area contributed by atoms with Crippen molar-refractivity contribution in [3.05, 3.63) is 60.2 Å². The summed E-state index contributed by atoms with van der Waals surface area (Å²) in [6, 6.07) is 12.3. The Morgan fingerprint density at radius 2 is 1.86 bits per heavy atom. The van der Waals surface area contributed by atoms with Gasteiger partial charge in [-0.3, -0.25) is 4.98 Å². The Balaban J connectivity index is 2.25. The highest BCUT2D eigenvalue weighted by molar-refractivity contribution is 5.76. The summed E-state index contributed by atoms with van der Waals surface area (Å²) in [4.78, 5) is 8.86. The van der Waals surface area contributed by atoms with Crippen LogP contribution in [0.3, 0.4) is 0 Å². The first-order valence-electron chi connectivity index (χ1n) is 7.33. The van der Waals surface area contributed by atoms with Crippen LogP contribution in [0.2, 0.25) is 0 Å². The number of rotatable bonds is 4. The number of nitrogens with two attached hydrogens (primary N) is 1. The SMILES string of the molecule is CCc1nc2ccccc2n1C(c1ccncc1)C(C)N. The topological polar surface area (TPSA) is 56.7 Å². The lowest BCUT2D eigenvalue weighted by molar-refractivity contribution is 0.492. The summed E-state index contributed by atoms with van der Waals surface area (Å²) in [7, 11) is 0. The molecule has 2 heterocycles. The molecule has 2 atom stereocenters. The predicted octanol–water partition coefficient (Wildman–Crippen LogP) is 2.93. The summed E-state index contributed by atoms with van der Waals surface area (Å²) in [5.41, 5.74) is 9.63. The van der Waals surface area contributed by atoms with Crippen LogP contribution in [0.1, 0.15) is 31.3 Å². The maximum Gasteiger partial charge on any atom is 0.110 e. The largest absolute Gasteiger partial charge is 0.326 e. The maximum absolute atomic E-state index is 6.31. The molecule has 0 aliphatic heterocycles. The fourth-order valence-electron chi connectivity index (χ4n) is 2.90. The van der Waals surface area contributed by atoms with Gasteiger partial charge in [0.15, 0.2) is 0 Å². The Hall–Kier alpha value is -2.20. The van der Waals surface area contributed by atoms with Gasteiger partial charge in [0.1, 0.15) is 5.82 Å². The second-order valence-corrected chi connectivity index (χ2v) is 5.32. The van der Waals surface area contributed by atoms with Gasteiger partial charge in [0.2, 0.25) is 0 Å². The van der Waals surface area contributed by atoms with E-state index in [9.17, 15) is 0 Å². The quantitative estimate of drug-likeness (QED) is 0.799. The maximum atomic E-state index is 6.31. The van der Waals surface area contributed by atoms with E-state index in [0.29, 0.717) is 0 Å². The van der Waals surface area contributed by atoms with E-state index < -0.39 is 0 Å². The summed E-state index contributed by atoms with van der Waals surface area (Å²) in [6.45, 7) is 4.17. The lowest BCUT2D eigenvalue weighted by Gasteiger charge is -2.25. The summed E-state index contributed by atoms with van der Waals surface area (Å²) >= 11 is 0. The molecule has 0 amide bonds. The van der Waals surface area contributed by atoms with Crippen molar-refractivity contribution < 1.29 is 0 Å². The predicted molar refractivity (Wildman–Crippen MR) is 85.1 cm³/mol. The van der Waals surface area contributed by atoms with Gasteiger partial charge in [0.05, 0.1) is 17.1 Å². The van der Waals surface area contributed by atoms with Crippen LogP contribution in [0.15, 0.2) is 48.8 Å². The molecule has 0 saturated carbocycles. The second kappa shape index (κ2) is 5.66. The van der Waals surface area contributed by atoms with Crippen LogP contribution >= 0.6 is 0 Å². The second-order valence-electron chi connectivity index (χ2n) is 5.32. The highest BCUT2D eigenvalue weighted by Gasteiger charge is 2.23. The van der Waals surface area contributed by atoms with Gasteiger partial charge in [-0.1, -0.05) is 19.1 Å². The third-order valence-corrected chi connectivity index (χ3v) is 3.81. The van der Waals surface area contributed by atoms with Crippen molar-refractivity contribution in [2.75, 3.05) is 0 Å². The molecule has 2 unspecified atom stereocenters. The number of benzene rings is 1. The minimum Gasteiger partial charge on any atom is -0.326 e. The Labute approximate surface area is 124 Å². The molecular weight excluding hydrogens is 260 g/mol. The Kier molecular flexibility index (Phi) is 3.71. The minimum absolute atomic E-state index is 0.0182. The van der Waals surface area contributed by atoms with Crippen LogP contribution in [0.4, 0.5) is 0 Å². The van der Waals surface area contributed by atoms with Gasteiger partial charge in [-0.05, 0) is 36.8 Å². The van der Waals surface area contributed by atoms with Gasteiger partial charge in [-0.25, -0.2) is 4.98 Å². The fraction of sp³-hybridized carbons (Fsp3) is 0.294. The third kappa shape index (κ3) is 2.43. The summed E-state index contributed by atoms with van der Waals surface area (Å²) in [6.07, 6.45) is 4.51. The number of nitrogens with zero attached hydrogens (tertiary/aromatic N) is 3. The molecule has 3 rings (SSSR count). The average Bonchev–Trinajstić information content (AvgIpc) is 2.87. The molecule has 3 aromatic rings. The van der Waals surface area contributed by atoms with Gasteiger partial charge < -0.3 is 10.3 Å². The van der Waals surface area contributed by atoms with Gasteiger partial charge in [-0.15, -0.1) is 0 Å². The molecule has 21 heavy (non-hydrogen) atoms. The highest BCUT2D eigenvalue weighted by Crippen LogP contribution is 2.28. The molecule has 0 saturated heterocycles. The standard InChI is InChI=1S/C17H20N4/c1-3-16-20-14-6-4-5-7-15(14)21(16)17(12(2)18)13-8-10-19-11-9-13/h4-12,17H,3,18H2,1-2H3. The number of para-hydroxylation sites is 2. The molecule has 4 nitrogen and oxygen atoms in total. The lowest BCUT2D eigenvalue weighted by Crippen LogP contribution is -2.31. The molecule has 0 aliphatic carbocycles. The van der Waals surface area contributed by atoms with Crippen LogP contribution in [0, 0.1) is 0 Å². The molecule has 4 heteroatoms. The molecule has 2 N–H and O–H groups in total. The van der Waals surface area contributed by atoms with Crippen LogP contribution in [0.25, 0.3) is 11.0 Å². The van der Waals surface area contributed by atoms with E-state index in [-0.39, 0.29) is 12.1 Å². The molecule has 0 radical (unpaired) electrons. The molecule has 2 aromatic heterocycles. The van der Waals surface area contributed by atoms with Crippen molar-refractivity contribution in [2.24, 2.45) is 5.73 Å². The molecule has 0 bridgehead atoms. The Morgan fingerprint density at radius 1 is 1.14 bits per heavy atom. The van der Waals surface area contributed by atoms with Crippen molar-refractivity contribution in [1.82, 2.24) is 14.5 Å². The smallest absolute Gasteiger partial charge is 0.110 e. The van der Waals surface area contributed by atoms with Gasteiger partial charge in [0.25, 0.3) is 0 Å². The number of pyridine rings is 1. The van der Waals surface area contributed by atoms with Crippen molar-refractivity contribution in [3.8, 4) is 0 Å². The van der Waals surface area contributed by atoms with E-state index >= 15 is 0 Å². The van der Waals surface area contributed by atoms with Crippen molar-refractivity contribution in [1.29, 1.82) is 0 Å². The number of fused-ring (bicyclic) bond motifs is 1. The number of imidazole rings is 1. The molecule has 1 aromatic carbocycles. The number of aromatic nitrogens is 3. The van der Waals surface area contributed by atoms with E-state index in [1.54, 1.807) is 0 Å². The van der Waals surface area contributed by atoms with Crippen LogP contribution in [-0.2, 0) is 6.42 Å². The molecule has 108 valence electrons. The van der Waals surface area contributed by atoms with Gasteiger partial charge >= 0.3 is 0 Å². The Morgan fingerprint density at radius 3 is 2.52 bits per heavy atom. The van der Waals surface area contributed by atoms with E-state index in [2.05, 4.69) is 28.6 Å². The highest BCUT2D eigenvalue weighted by atomic mass is 15.1. The van der Waals surface area contributed by atoms with Crippen LogP contribution in [-0.4, -0.2) is 20.6 Å². The number of hydrogen-bond donors (Lipinski definition) is 1. The van der Waals surface area contributed by atoms with Crippen LogP contribution < -0.4 is 5.73 Å². The summed E-state index contributed by atoms with van der Waals surface area (Å²) < 4.78 is 2.27. The molecule has 0 fully saturated rings. The summed E-state index contributed by atoms with van der Waals surface area (Å²) in [5.74, 6) is 1.07. The van der Waals surface area contributed by atoms with E-state index in [1.165, 1.54) is 0 Å². The normalized spacial score (nSPS) is 14.2. The van der Waals surface area contributed by atoms with E-state index in [4.69, 9.17) is 10.7 Å². The van der Waals surface area contributed by atoms with Crippen molar-refractivity contribution in [3.63, 3.8) is 0 Å². The zero-order chi connectivity index (χ0) is 14.8. The van der Waals surface area contributed by atoms with Crippen molar-refractivity contribution >= 4 is 11.0 Å².